The first-order chi connectivity index (χ1) is 27.3. The van der Waals surface area contributed by atoms with Gasteiger partial charge in [0.05, 0.1) is 0 Å². The summed E-state index contributed by atoms with van der Waals surface area (Å²) in [5, 5.41) is 0. The molecule has 0 saturated heterocycles. The number of hydrogen-bond donors (Lipinski definition) is 2. The molecule has 0 aliphatic heterocycles. The SMILES string of the molecule is CCCCCCCCCCCCCCCCCCCCCC(CCC)PC(CCC)CCCCCCCCCCCCCCCCCCCCC.O=S(=O)(O)O. The molecule has 0 aromatic rings. The quantitative estimate of drug-likeness (QED) is 0.0364. The van der Waals surface area contributed by atoms with Gasteiger partial charge in [-0.2, -0.15) is 8.42 Å². The molecule has 2 atom stereocenters. The van der Waals surface area contributed by atoms with E-state index in [2.05, 4.69) is 27.7 Å². The lowest BCUT2D eigenvalue weighted by molar-refractivity contribution is 0.381. The van der Waals surface area contributed by atoms with Gasteiger partial charge < -0.3 is 0 Å². The van der Waals surface area contributed by atoms with Crippen LogP contribution in [0.3, 0.4) is 0 Å². The highest BCUT2D eigenvalue weighted by Gasteiger charge is 2.15. The summed E-state index contributed by atoms with van der Waals surface area (Å²) in [6, 6.07) is 0. The van der Waals surface area contributed by atoms with Gasteiger partial charge in [-0.05, 0) is 37.0 Å². The van der Waals surface area contributed by atoms with Crippen LogP contribution in [0, 0.1) is 0 Å². The standard InChI is InChI=1S/C50H103P.H2O4S/c1-5-9-11-13-15-17-19-21-23-25-27-29-31-33-35-37-39-41-43-47-49(45-7-3)51-50(46-8-4)48-44-42-40-38-36-34-32-30-28-26-24-22-20-18-16-14-12-10-6-2;1-5(2,3)4/h49-51H,5-48H2,1-4H3;(H2,1,2,3,4). The summed E-state index contributed by atoms with van der Waals surface area (Å²) in [7, 11) is -3.42. The highest BCUT2D eigenvalue weighted by molar-refractivity contribution is 7.79. The molecular weight excluding hydrogens is 728 g/mol. The molecule has 0 heterocycles. The van der Waals surface area contributed by atoms with E-state index in [0.717, 1.165) is 11.3 Å². The van der Waals surface area contributed by atoms with Crippen LogP contribution in [0.5, 0.6) is 0 Å². The van der Waals surface area contributed by atoms with Crippen LogP contribution in [0.4, 0.5) is 0 Å². The highest BCUT2D eigenvalue weighted by atomic mass is 32.3. The molecule has 0 aromatic carbocycles. The molecule has 0 aliphatic carbocycles. The summed E-state index contributed by atoms with van der Waals surface area (Å²) in [6.45, 7) is 9.49. The summed E-state index contributed by atoms with van der Waals surface area (Å²) in [6.07, 6.45) is 65.2. The summed E-state index contributed by atoms with van der Waals surface area (Å²) in [5.74, 6) is 0. The molecule has 0 radical (unpaired) electrons. The zero-order chi connectivity index (χ0) is 41.5. The molecule has 0 fully saturated rings. The van der Waals surface area contributed by atoms with Crippen LogP contribution in [-0.2, 0) is 10.4 Å². The van der Waals surface area contributed by atoms with E-state index >= 15 is 0 Å². The second kappa shape index (κ2) is 49.7. The van der Waals surface area contributed by atoms with E-state index in [9.17, 15) is 0 Å². The van der Waals surface area contributed by atoms with Gasteiger partial charge in [0, 0.05) is 0 Å². The Kier molecular flexibility index (Phi) is 51.8. The molecule has 56 heavy (non-hydrogen) atoms. The smallest absolute Gasteiger partial charge is 0.264 e. The van der Waals surface area contributed by atoms with Crippen molar-refractivity contribution >= 4 is 19.0 Å². The second-order valence-corrected chi connectivity index (χ2v) is 20.8. The van der Waals surface area contributed by atoms with Gasteiger partial charge in [-0.3, -0.25) is 9.11 Å². The van der Waals surface area contributed by atoms with E-state index in [1.807, 2.05) is 0 Å². The maximum absolute atomic E-state index is 8.74. The predicted molar refractivity (Wildman–Crippen MR) is 256 cm³/mol. The molecule has 0 bridgehead atoms. The molecule has 0 rings (SSSR count). The zero-order valence-electron chi connectivity index (χ0n) is 38.9. The fourth-order valence-electron chi connectivity index (χ4n) is 8.59. The molecule has 0 amide bonds. The Balaban J connectivity index is 0. The predicted octanol–water partition coefficient (Wildman–Crippen LogP) is 19.0. The van der Waals surface area contributed by atoms with Crippen LogP contribution in [0.2, 0.25) is 0 Å². The summed E-state index contributed by atoms with van der Waals surface area (Å²) in [5.41, 5.74) is 2.08. The Morgan fingerprint density at radius 2 is 0.446 bits per heavy atom. The Morgan fingerprint density at radius 3 is 0.607 bits per heavy atom. The van der Waals surface area contributed by atoms with Crippen LogP contribution in [0.1, 0.15) is 310 Å². The van der Waals surface area contributed by atoms with Crippen molar-refractivity contribution < 1.29 is 17.5 Å². The zero-order valence-corrected chi connectivity index (χ0v) is 40.7. The second-order valence-electron chi connectivity index (χ2n) is 17.9. The minimum absolute atomic E-state index is 1.04. The van der Waals surface area contributed by atoms with Crippen molar-refractivity contribution in [3.05, 3.63) is 0 Å². The minimum Gasteiger partial charge on any atom is -0.264 e. The number of unbranched alkanes of at least 4 members (excludes halogenated alkanes) is 36. The first-order valence-corrected chi connectivity index (χ1v) is 28.3. The topological polar surface area (TPSA) is 74.6 Å². The van der Waals surface area contributed by atoms with E-state index in [4.69, 9.17) is 17.5 Å². The molecule has 0 aliphatic rings. The van der Waals surface area contributed by atoms with Crippen molar-refractivity contribution in [2.24, 2.45) is 0 Å². The molecule has 340 valence electrons. The van der Waals surface area contributed by atoms with Crippen molar-refractivity contribution in [3.8, 4) is 0 Å². The Hall–Kier alpha value is 0.300. The van der Waals surface area contributed by atoms with Gasteiger partial charge >= 0.3 is 10.4 Å². The lowest BCUT2D eigenvalue weighted by atomic mass is 10.0. The number of hydrogen-bond acceptors (Lipinski definition) is 2. The monoisotopic (exact) mass is 833 g/mol. The summed E-state index contributed by atoms with van der Waals surface area (Å²) < 4.78 is 31.6. The van der Waals surface area contributed by atoms with Gasteiger partial charge in [-0.1, -0.05) is 285 Å². The van der Waals surface area contributed by atoms with Crippen LogP contribution >= 0.6 is 8.58 Å². The van der Waals surface area contributed by atoms with Crippen molar-refractivity contribution in [2.45, 2.75) is 322 Å². The van der Waals surface area contributed by atoms with E-state index < -0.39 is 10.4 Å². The largest absolute Gasteiger partial charge is 0.394 e. The van der Waals surface area contributed by atoms with Crippen molar-refractivity contribution in [1.82, 2.24) is 0 Å². The molecule has 4 nitrogen and oxygen atoms in total. The highest BCUT2D eigenvalue weighted by Crippen LogP contribution is 2.37. The van der Waals surface area contributed by atoms with Gasteiger partial charge in [-0.15, -0.1) is 8.58 Å². The van der Waals surface area contributed by atoms with E-state index in [1.54, 1.807) is 0 Å². The van der Waals surface area contributed by atoms with Gasteiger partial charge in [-0.25, -0.2) is 0 Å². The van der Waals surface area contributed by atoms with Crippen molar-refractivity contribution in [1.29, 1.82) is 0 Å². The molecule has 2 unspecified atom stereocenters. The fraction of sp³-hybridized carbons (Fsp3) is 1.00. The normalized spacial score (nSPS) is 13.0. The van der Waals surface area contributed by atoms with Crippen molar-refractivity contribution in [2.75, 3.05) is 0 Å². The lowest BCUT2D eigenvalue weighted by Gasteiger charge is -2.24. The summed E-state index contributed by atoms with van der Waals surface area (Å²) in [4.78, 5) is 0. The molecular formula is C50H105O4PS. The Morgan fingerprint density at radius 1 is 0.286 bits per heavy atom. The summed E-state index contributed by atoms with van der Waals surface area (Å²) >= 11 is 0. The van der Waals surface area contributed by atoms with E-state index in [0.29, 0.717) is 0 Å². The van der Waals surface area contributed by atoms with Gasteiger partial charge in [0.2, 0.25) is 0 Å². The molecule has 2 N–H and O–H groups in total. The first-order valence-electron chi connectivity index (χ1n) is 25.7. The average molecular weight is 833 g/mol. The van der Waals surface area contributed by atoms with Gasteiger partial charge in [0.1, 0.15) is 0 Å². The first kappa shape index (κ1) is 58.4. The molecule has 0 saturated carbocycles. The van der Waals surface area contributed by atoms with Gasteiger partial charge in [0.25, 0.3) is 0 Å². The third-order valence-electron chi connectivity index (χ3n) is 12.1. The third-order valence-corrected chi connectivity index (χ3v) is 14.2. The van der Waals surface area contributed by atoms with Crippen LogP contribution in [0.15, 0.2) is 0 Å². The fourth-order valence-corrected chi connectivity index (χ4v) is 10.9. The van der Waals surface area contributed by atoms with E-state index in [1.165, 1.54) is 291 Å². The number of rotatable bonds is 46. The van der Waals surface area contributed by atoms with Gasteiger partial charge in [0.15, 0.2) is 0 Å². The van der Waals surface area contributed by atoms with Crippen LogP contribution < -0.4 is 0 Å². The maximum atomic E-state index is 8.74. The Bertz CT molecular complexity index is 749. The molecule has 0 aromatic heterocycles. The lowest BCUT2D eigenvalue weighted by Crippen LogP contribution is -2.09. The maximum Gasteiger partial charge on any atom is 0.394 e. The Labute approximate surface area is 356 Å². The molecule has 0 spiro atoms. The van der Waals surface area contributed by atoms with Crippen LogP contribution in [0.25, 0.3) is 0 Å². The van der Waals surface area contributed by atoms with E-state index in [-0.39, 0.29) is 0 Å². The van der Waals surface area contributed by atoms with Crippen LogP contribution in [-0.4, -0.2) is 28.8 Å². The van der Waals surface area contributed by atoms with Crippen molar-refractivity contribution in [3.63, 3.8) is 0 Å². The minimum atomic E-state index is -4.67. The third kappa shape index (κ3) is 56.4. The molecule has 6 heteroatoms. The average Bonchev–Trinajstić information content (AvgIpc) is 3.16.